The van der Waals surface area contributed by atoms with Crippen molar-refractivity contribution >= 4 is 5.78 Å². The molecule has 1 aliphatic carbocycles. The summed E-state index contributed by atoms with van der Waals surface area (Å²) in [6.45, 7) is 6.89. The quantitative estimate of drug-likeness (QED) is 0.588. The fourth-order valence-electron chi connectivity index (χ4n) is 3.34. The van der Waals surface area contributed by atoms with Gasteiger partial charge in [-0.2, -0.15) is 0 Å². The van der Waals surface area contributed by atoms with Gasteiger partial charge < -0.3 is 14.2 Å². The molecule has 0 saturated carbocycles. The first-order valence-electron chi connectivity index (χ1n) is 9.62. The van der Waals surface area contributed by atoms with Crippen LogP contribution in [0.3, 0.4) is 0 Å². The van der Waals surface area contributed by atoms with E-state index < -0.39 is 0 Å². The van der Waals surface area contributed by atoms with Gasteiger partial charge in [-0.15, -0.1) is 0 Å². The predicted molar refractivity (Wildman–Crippen MR) is 108 cm³/mol. The number of carbonyl (C=O) groups excluding carboxylic acids is 1. The lowest BCUT2D eigenvalue weighted by molar-refractivity contribution is -0.128. The van der Waals surface area contributed by atoms with Crippen molar-refractivity contribution in [2.75, 3.05) is 14.2 Å². The number of ketones is 1. The first kappa shape index (κ1) is 21.4. The first-order valence-corrected chi connectivity index (χ1v) is 9.62. The number of methoxy groups -OCH3 is 2. The molecule has 4 heteroatoms. The average molecular weight is 373 g/mol. The number of hydrogen-bond donors (Lipinski definition) is 0. The highest BCUT2D eigenvalue weighted by atomic mass is 16.5. The van der Waals surface area contributed by atoms with Crippen LogP contribution in [0.2, 0.25) is 0 Å². The average Bonchev–Trinajstić information content (AvgIpc) is 2.66. The molecule has 0 aliphatic heterocycles. The molecule has 3 atom stereocenters. The minimum absolute atomic E-state index is 0.0874. The second kappa shape index (κ2) is 10.4. The van der Waals surface area contributed by atoms with Crippen molar-refractivity contribution < 1.29 is 19.0 Å². The molecule has 4 nitrogen and oxygen atoms in total. The molecule has 1 aliphatic rings. The van der Waals surface area contributed by atoms with Crippen molar-refractivity contribution in [3.63, 3.8) is 0 Å². The summed E-state index contributed by atoms with van der Waals surface area (Å²) in [5.74, 6) is 1.27. The normalized spacial score (nSPS) is 23.1. The van der Waals surface area contributed by atoms with Crippen LogP contribution < -0.4 is 4.74 Å². The molecule has 0 aromatic heterocycles. The molecule has 0 bridgehead atoms. The van der Waals surface area contributed by atoms with E-state index in [0.717, 1.165) is 29.7 Å². The van der Waals surface area contributed by atoms with Crippen molar-refractivity contribution in [2.24, 2.45) is 11.8 Å². The first-order chi connectivity index (χ1) is 13.0. The zero-order valence-electron chi connectivity index (χ0n) is 17.1. The van der Waals surface area contributed by atoms with Gasteiger partial charge in [0.25, 0.3) is 0 Å². The molecule has 148 valence electrons. The predicted octanol–water partition coefficient (Wildman–Crippen LogP) is 4.73. The standard InChI is InChI=1S/C23H32O4/c1-16(2)7-6-8-17(3)22-20(24)13-14-21(23(22)26-5)27-15-18-9-11-19(25-4)12-10-18/h8-14,16,21-23H,6-7,15H2,1-5H3/t21-,22-,23-/m1/s1. The Morgan fingerprint density at radius 3 is 2.48 bits per heavy atom. The minimum atomic E-state index is -0.309. The zero-order chi connectivity index (χ0) is 19.8. The van der Waals surface area contributed by atoms with Crippen molar-refractivity contribution in [1.29, 1.82) is 0 Å². The van der Waals surface area contributed by atoms with Crippen LogP contribution in [0.1, 0.15) is 39.2 Å². The van der Waals surface area contributed by atoms with Gasteiger partial charge in [0, 0.05) is 7.11 Å². The maximum absolute atomic E-state index is 12.5. The van der Waals surface area contributed by atoms with Gasteiger partial charge in [0.05, 0.1) is 19.6 Å². The molecule has 0 unspecified atom stereocenters. The molecule has 0 radical (unpaired) electrons. The summed E-state index contributed by atoms with van der Waals surface area (Å²) in [5, 5.41) is 0. The molecular weight excluding hydrogens is 340 g/mol. The molecule has 1 aromatic rings. The molecule has 0 amide bonds. The summed E-state index contributed by atoms with van der Waals surface area (Å²) in [7, 11) is 3.30. The molecule has 0 fully saturated rings. The lowest BCUT2D eigenvalue weighted by Crippen LogP contribution is -2.43. The SMILES string of the molecule is COc1ccc(CO[C@@H]2C=CC(=O)[C@@H](C(C)=CCCC(C)C)[C@@H]2OC)cc1. The number of rotatable bonds is 9. The van der Waals surface area contributed by atoms with Crippen LogP contribution in [0.4, 0.5) is 0 Å². The molecule has 1 aromatic carbocycles. The Hall–Kier alpha value is -1.91. The molecule has 0 heterocycles. The Kier molecular flexibility index (Phi) is 8.26. The van der Waals surface area contributed by atoms with E-state index in [1.54, 1.807) is 20.3 Å². The van der Waals surface area contributed by atoms with Crippen LogP contribution in [-0.4, -0.2) is 32.2 Å². The van der Waals surface area contributed by atoms with Crippen LogP contribution in [-0.2, 0) is 20.9 Å². The molecular formula is C23H32O4. The summed E-state index contributed by atoms with van der Waals surface area (Å²) < 4.78 is 17.0. The van der Waals surface area contributed by atoms with Crippen LogP contribution in [0.25, 0.3) is 0 Å². The third kappa shape index (κ3) is 6.05. The number of allylic oxidation sites excluding steroid dienone is 2. The van der Waals surface area contributed by atoms with E-state index in [1.807, 2.05) is 37.3 Å². The maximum atomic E-state index is 12.5. The van der Waals surface area contributed by atoms with Crippen LogP contribution >= 0.6 is 0 Å². The lowest BCUT2D eigenvalue weighted by atomic mass is 9.82. The van der Waals surface area contributed by atoms with E-state index in [4.69, 9.17) is 14.2 Å². The Morgan fingerprint density at radius 1 is 1.19 bits per heavy atom. The Balaban J connectivity index is 2.05. The van der Waals surface area contributed by atoms with Crippen LogP contribution in [0.5, 0.6) is 5.75 Å². The van der Waals surface area contributed by atoms with E-state index in [1.165, 1.54) is 0 Å². The van der Waals surface area contributed by atoms with E-state index in [0.29, 0.717) is 12.5 Å². The topological polar surface area (TPSA) is 44.8 Å². The fraction of sp³-hybridized carbons (Fsp3) is 0.522. The Morgan fingerprint density at radius 2 is 1.89 bits per heavy atom. The summed E-state index contributed by atoms with van der Waals surface area (Å²) >= 11 is 0. The Labute approximate surface area is 163 Å². The summed E-state index contributed by atoms with van der Waals surface area (Å²) in [6, 6.07) is 7.79. The minimum Gasteiger partial charge on any atom is -0.497 e. The highest BCUT2D eigenvalue weighted by Crippen LogP contribution is 2.29. The van der Waals surface area contributed by atoms with Gasteiger partial charge in [-0.3, -0.25) is 4.79 Å². The largest absolute Gasteiger partial charge is 0.497 e. The maximum Gasteiger partial charge on any atom is 0.165 e. The van der Waals surface area contributed by atoms with Gasteiger partial charge in [0.2, 0.25) is 0 Å². The molecule has 0 saturated heterocycles. The molecule has 0 spiro atoms. The second-order valence-electron chi connectivity index (χ2n) is 7.48. The lowest BCUT2D eigenvalue weighted by Gasteiger charge is -2.33. The number of carbonyl (C=O) groups is 1. The number of benzene rings is 1. The van der Waals surface area contributed by atoms with Gasteiger partial charge in [-0.05, 0) is 55.5 Å². The third-order valence-corrected chi connectivity index (χ3v) is 4.98. The monoisotopic (exact) mass is 372 g/mol. The van der Waals surface area contributed by atoms with Crippen molar-refractivity contribution in [1.82, 2.24) is 0 Å². The van der Waals surface area contributed by atoms with Crippen molar-refractivity contribution in [3.05, 3.63) is 53.6 Å². The zero-order valence-corrected chi connectivity index (χ0v) is 17.1. The highest BCUT2D eigenvalue weighted by molar-refractivity contribution is 5.95. The van der Waals surface area contributed by atoms with Crippen molar-refractivity contribution in [3.8, 4) is 5.75 Å². The van der Waals surface area contributed by atoms with Crippen LogP contribution in [0.15, 0.2) is 48.1 Å². The molecule has 2 rings (SSSR count). The summed E-state index contributed by atoms with van der Waals surface area (Å²) in [5.41, 5.74) is 2.12. The molecule has 27 heavy (non-hydrogen) atoms. The smallest absolute Gasteiger partial charge is 0.165 e. The second-order valence-corrected chi connectivity index (χ2v) is 7.48. The Bertz CT molecular complexity index is 657. The van der Waals surface area contributed by atoms with Gasteiger partial charge in [-0.25, -0.2) is 0 Å². The van der Waals surface area contributed by atoms with Crippen molar-refractivity contribution in [2.45, 2.75) is 52.4 Å². The number of ether oxygens (including phenoxy) is 3. The van der Waals surface area contributed by atoms with Gasteiger partial charge in [-0.1, -0.05) is 37.6 Å². The van der Waals surface area contributed by atoms with Gasteiger partial charge >= 0.3 is 0 Å². The highest BCUT2D eigenvalue weighted by Gasteiger charge is 2.37. The number of hydrogen-bond acceptors (Lipinski definition) is 4. The fourth-order valence-corrected chi connectivity index (χ4v) is 3.34. The third-order valence-electron chi connectivity index (χ3n) is 4.98. The summed E-state index contributed by atoms with van der Waals surface area (Å²) in [4.78, 5) is 12.5. The molecule has 0 N–H and O–H groups in total. The summed E-state index contributed by atoms with van der Waals surface area (Å²) in [6.07, 6.45) is 7.16. The van der Waals surface area contributed by atoms with Crippen LogP contribution in [0, 0.1) is 11.8 Å². The van der Waals surface area contributed by atoms with E-state index in [-0.39, 0.29) is 23.9 Å². The van der Waals surface area contributed by atoms with E-state index in [2.05, 4.69) is 19.9 Å². The van der Waals surface area contributed by atoms with Gasteiger partial charge in [0.1, 0.15) is 18.0 Å². The van der Waals surface area contributed by atoms with E-state index >= 15 is 0 Å². The van der Waals surface area contributed by atoms with E-state index in [9.17, 15) is 4.79 Å². The van der Waals surface area contributed by atoms with Gasteiger partial charge in [0.15, 0.2) is 5.78 Å².